The van der Waals surface area contributed by atoms with Crippen molar-refractivity contribution in [2.24, 2.45) is 5.92 Å². The molecular formula is C19H29N3O3. The first-order valence-electron chi connectivity index (χ1n) is 9.23. The van der Waals surface area contributed by atoms with Crippen LogP contribution < -0.4 is 16.2 Å². The van der Waals surface area contributed by atoms with Gasteiger partial charge in [0.1, 0.15) is 12.1 Å². The van der Waals surface area contributed by atoms with Crippen LogP contribution in [-0.4, -0.2) is 43.4 Å². The smallest absolute Gasteiger partial charge is 0.239 e. The Hall–Kier alpha value is -1.47. The molecule has 5 atom stereocenters. The summed E-state index contributed by atoms with van der Waals surface area (Å²) in [4.78, 5) is 12.7. The summed E-state index contributed by atoms with van der Waals surface area (Å²) in [6.45, 7) is 5.93. The molecule has 3 rings (SSSR count). The highest BCUT2D eigenvalue weighted by Gasteiger charge is 2.38. The molecule has 6 nitrogen and oxygen atoms in total. The highest BCUT2D eigenvalue weighted by atomic mass is 16.5. The number of hydrogen-bond donors (Lipinski definition) is 3. The second kappa shape index (κ2) is 8.76. The highest BCUT2D eigenvalue weighted by molar-refractivity contribution is 5.82. The van der Waals surface area contributed by atoms with E-state index < -0.39 is 0 Å². The van der Waals surface area contributed by atoms with E-state index in [0.29, 0.717) is 25.9 Å². The minimum atomic E-state index is -0.206. The van der Waals surface area contributed by atoms with E-state index in [1.807, 2.05) is 30.3 Å². The summed E-state index contributed by atoms with van der Waals surface area (Å²) in [5, 5.41) is 3.18. The third-order valence-electron chi connectivity index (χ3n) is 5.25. The van der Waals surface area contributed by atoms with Crippen molar-refractivity contribution in [2.45, 2.75) is 57.5 Å². The summed E-state index contributed by atoms with van der Waals surface area (Å²) < 4.78 is 11.6. The zero-order valence-corrected chi connectivity index (χ0v) is 15.0. The molecule has 0 aromatic heterocycles. The molecule has 138 valence electrons. The van der Waals surface area contributed by atoms with E-state index in [9.17, 15) is 4.79 Å². The lowest BCUT2D eigenvalue weighted by molar-refractivity contribution is -0.129. The van der Waals surface area contributed by atoms with Crippen LogP contribution in [0.25, 0.3) is 0 Å². The molecule has 1 aromatic carbocycles. The number of benzene rings is 1. The van der Waals surface area contributed by atoms with E-state index in [-0.39, 0.29) is 30.0 Å². The molecule has 1 aromatic rings. The lowest BCUT2D eigenvalue weighted by Gasteiger charge is -2.33. The molecule has 0 bridgehead atoms. The Morgan fingerprint density at radius 1 is 1.32 bits per heavy atom. The zero-order chi connectivity index (χ0) is 17.6. The normalized spacial score (nSPS) is 32.5. The number of carbonyl (C=O) groups excluding carboxylic acids is 1. The van der Waals surface area contributed by atoms with Gasteiger partial charge < -0.3 is 14.8 Å². The average molecular weight is 347 g/mol. The van der Waals surface area contributed by atoms with E-state index in [1.165, 1.54) is 0 Å². The van der Waals surface area contributed by atoms with Crippen LogP contribution in [0.4, 0.5) is 0 Å². The first kappa shape index (κ1) is 18.3. The van der Waals surface area contributed by atoms with Gasteiger partial charge in [-0.2, -0.15) is 0 Å². The molecule has 2 aliphatic rings. The summed E-state index contributed by atoms with van der Waals surface area (Å²) in [6, 6.07) is 10.2. The third kappa shape index (κ3) is 4.58. The summed E-state index contributed by atoms with van der Waals surface area (Å²) >= 11 is 0. The molecule has 0 spiro atoms. The van der Waals surface area contributed by atoms with Gasteiger partial charge >= 0.3 is 0 Å². The molecule has 0 radical (unpaired) electrons. The van der Waals surface area contributed by atoms with Gasteiger partial charge in [0.25, 0.3) is 0 Å². The Morgan fingerprint density at radius 2 is 2.12 bits per heavy atom. The SMILES string of the molecule is CCC1NNC(C(=O)N[C@@H]2CCOC[C@H]2OCc2ccccc2)C1C. The van der Waals surface area contributed by atoms with Crippen molar-refractivity contribution in [1.82, 2.24) is 16.2 Å². The van der Waals surface area contributed by atoms with Crippen LogP contribution in [0.2, 0.25) is 0 Å². The Labute approximate surface area is 149 Å². The molecule has 6 heteroatoms. The summed E-state index contributed by atoms with van der Waals surface area (Å²) in [7, 11) is 0. The second-order valence-corrected chi connectivity index (χ2v) is 6.95. The quantitative estimate of drug-likeness (QED) is 0.725. The van der Waals surface area contributed by atoms with E-state index in [1.54, 1.807) is 0 Å². The average Bonchev–Trinajstić information content (AvgIpc) is 3.02. The van der Waals surface area contributed by atoms with Gasteiger partial charge in [0, 0.05) is 12.6 Å². The predicted octanol–water partition coefficient (Wildman–Crippen LogP) is 1.37. The van der Waals surface area contributed by atoms with Crippen molar-refractivity contribution in [3.05, 3.63) is 35.9 Å². The third-order valence-corrected chi connectivity index (χ3v) is 5.25. The van der Waals surface area contributed by atoms with Crippen molar-refractivity contribution in [2.75, 3.05) is 13.2 Å². The molecule has 0 saturated carbocycles. The van der Waals surface area contributed by atoms with E-state index in [0.717, 1.165) is 18.4 Å². The molecule has 2 heterocycles. The van der Waals surface area contributed by atoms with Gasteiger partial charge in [0.05, 0.1) is 19.3 Å². The van der Waals surface area contributed by atoms with E-state index >= 15 is 0 Å². The fraction of sp³-hybridized carbons (Fsp3) is 0.632. The number of ether oxygens (including phenoxy) is 2. The summed E-state index contributed by atoms with van der Waals surface area (Å²) in [6.07, 6.45) is 1.65. The van der Waals surface area contributed by atoms with Crippen molar-refractivity contribution in [3.63, 3.8) is 0 Å². The molecule has 0 aliphatic carbocycles. The number of rotatable bonds is 6. The number of amides is 1. The van der Waals surface area contributed by atoms with Gasteiger partial charge in [0.2, 0.25) is 5.91 Å². The Morgan fingerprint density at radius 3 is 2.84 bits per heavy atom. The fourth-order valence-corrected chi connectivity index (χ4v) is 3.56. The molecule has 3 unspecified atom stereocenters. The van der Waals surface area contributed by atoms with E-state index in [4.69, 9.17) is 9.47 Å². The van der Waals surface area contributed by atoms with Crippen LogP contribution in [0.1, 0.15) is 32.3 Å². The minimum absolute atomic E-state index is 0.0142. The predicted molar refractivity (Wildman–Crippen MR) is 95.7 cm³/mol. The monoisotopic (exact) mass is 347 g/mol. The topological polar surface area (TPSA) is 71.6 Å². The number of hydrazine groups is 1. The first-order chi connectivity index (χ1) is 12.2. The molecule has 25 heavy (non-hydrogen) atoms. The molecule has 2 saturated heterocycles. The molecule has 1 amide bonds. The molecule has 3 N–H and O–H groups in total. The summed E-state index contributed by atoms with van der Waals surface area (Å²) in [5.41, 5.74) is 7.47. The Balaban J connectivity index is 1.55. The number of nitrogens with one attached hydrogen (secondary N) is 3. The number of carbonyl (C=O) groups is 1. The zero-order valence-electron chi connectivity index (χ0n) is 15.0. The van der Waals surface area contributed by atoms with Crippen molar-refractivity contribution in [3.8, 4) is 0 Å². The second-order valence-electron chi connectivity index (χ2n) is 6.95. The molecular weight excluding hydrogens is 318 g/mol. The van der Waals surface area contributed by atoms with Crippen LogP contribution in [0.15, 0.2) is 30.3 Å². The van der Waals surface area contributed by atoms with Crippen molar-refractivity contribution < 1.29 is 14.3 Å². The van der Waals surface area contributed by atoms with Crippen LogP contribution in [0.5, 0.6) is 0 Å². The largest absolute Gasteiger partial charge is 0.379 e. The maximum atomic E-state index is 12.7. The lowest BCUT2D eigenvalue weighted by atomic mass is 9.94. The minimum Gasteiger partial charge on any atom is -0.379 e. The van der Waals surface area contributed by atoms with Gasteiger partial charge in [0.15, 0.2) is 0 Å². The fourth-order valence-electron chi connectivity index (χ4n) is 3.56. The van der Waals surface area contributed by atoms with Gasteiger partial charge in [-0.3, -0.25) is 10.2 Å². The van der Waals surface area contributed by atoms with E-state index in [2.05, 4.69) is 30.0 Å². The number of hydrogen-bond acceptors (Lipinski definition) is 5. The maximum absolute atomic E-state index is 12.7. The standard InChI is InChI=1S/C19H29N3O3/c1-3-15-13(2)18(22-21-15)19(23)20-16-9-10-24-12-17(16)25-11-14-7-5-4-6-8-14/h4-8,13,15-18,21-22H,3,9-12H2,1-2H3,(H,20,23)/t13?,15?,16-,17-,18?/m1/s1. The van der Waals surface area contributed by atoms with Crippen LogP contribution in [0.3, 0.4) is 0 Å². The highest BCUT2D eigenvalue weighted by Crippen LogP contribution is 2.19. The van der Waals surface area contributed by atoms with Crippen LogP contribution in [-0.2, 0) is 20.9 Å². The van der Waals surface area contributed by atoms with Crippen LogP contribution in [0, 0.1) is 5.92 Å². The summed E-state index contributed by atoms with van der Waals surface area (Å²) in [5.74, 6) is 0.296. The molecule has 2 fully saturated rings. The molecule has 2 aliphatic heterocycles. The Bertz CT molecular complexity index is 554. The van der Waals surface area contributed by atoms with Gasteiger partial charge in [-0.05, 0) is 24.3 Å². The van der Waals surface area contributed by atoms with Crippen molar-refractivity contribution in [1.29, 1.82) is 0 Å². The first-order valence-corrected chi connectivity index (χ1v) is 9.23. The van der Waals surface area contributed by atoms with Crippen molar-refractivity contribution >= 4 is 5.91 Å². The van der Waals surface area contributed by atoms with Crippen LogP contribution >= 0.6 is 0 Å². The van der Waals surface area contributed by atoms with Gasteiger partial charge in [-0.25, -0.2) is 5.43 Å². The lowest BCUT2D eigenvalue weighted by Crippen LogP contribution is -2.55. The maximum Gasteiger partial charge on any atom is 0.239 e. The van der Waals surface area contributed by atoms with Gasteiger partial charge in [-0.1, -0.05) is 44.2 Å². The van der Waals surface area contributed by atoms with Gasteiger partial charge in [-0.15, -0.1) is 0 Å². The Kier molecular flexibility index (Phi) is 6.42.